The van der Waals surface area contributed by atoms with Crippen LogP contribution in [0.5, 0.6) is 5.75 Å². The number of ether oxygens (including phenoxy) is 2. The zero-order chi connectivity index (χ0) is 25.0. The number of hydrogen-bond donors (Lipinski definition) is 0. The van der Waals surface area contributed by atoms with Crippen LogP contribution in [-0.4, -0.2) is 93.4 Å². The summed E-state index contributed by atoms with van der Waals surface area (Å²) >= 11 is 0. The van der Waals surface area contributed by atoms with E-state index in [1.54, 1.807) is 24.3 Å². The average Bonchev–Trinajstić information content (AvgIpc) is 3.11. The van der Waals surface area contributed by atoms with E-state index in [9.17, 15) is 8.42 Å². The number of nitrogens with zero attached hydrogens (tertiary/aromatic N) is 4. The summed E-state index contributed by atoms with van der Waals surface area (Å²) in [6, 6.07) is 11.0. The zero-order valence-electron chi connectivity index (χ0n) is 20.6. The fourth-order valence-corrected chi connectivity index (χ4v) is 5.53. The minimum Gasteiger partial charge on any atom is -0.492 e. The molecule has 2 aliphatic rings. The van der Waals surface area contributed by atoms with Gasteiger partial charge in [-0.05, 0) is 49.7 Å². The molecule has 1 aromatic heterocycles. The maximum atomic E-state index is 12.3. The van der Waals surface area contributed by atoms with E-state index in [0.29, 0.717) is 24.4 Å². The quantitative estimate of drug-likeness (QED) is 0.487. The monoisotopic (exact) mass is 502 g/mol. The van der Waals surface area contributed by atoms with E-state index in [4.69, 9.17) is 19.2 Å². The standard InChI is InChI=1S/C25H34N4O5S/c1-19-12-23(33-20(19)2)14-28-17-24-15-27(16-25(18-28)34-24)8-9-29(35(3,30)31)10-11-32-22-6-4-21(13-26)5-7-22/h4-7,12,24-25H,8-11,14-18H2,1-3H3. The molecule has 2 saturated heterocycles. The third-order valence-corrected chi connectivity index (χ3v) is 7.86. The van der Waals surface area contributed by atoms with E-state index < -0.39 is 10.0 Å². The summed E-state index contributed by atoms with van der Waals surface area (Å²) in [4.78, 5) is 4.69. The molecule has 2 fully saturated rings. The van der Waals surface area contributed by atoms with Gasteiger partial charge in [0.1, 0.15) is 23.9 Å². The number of aryl methyl sites for hydroxylation is 2. The molecule has 0 radical (unpaired) electrons. The molecule has 0 N–H and O–H groups in total. The molecular weight excluding hydrogens is 468 g/mol. The van der Waals surface area contributed by atoms with Gasteiger partial charge in [-0.15, -0.1) is 0 Å². The molecule has 190 valence electrons. The fraction of sp³-hybridized carbons (Fsp3) is 0.560. The molecule has 0 spiro atoms. The van der Waals surface area contributed by atoms with Crippen LogP contribution in [0.3, 0.4) is 0 Å². The van der Waals surface area contributed by atoms with Crippen LogP contribution < -0.4 is 4.74 Å². The Morgan fingerprint density at radius 2 is 1.74 bits per heavy atom. The maximum absolute atomic E-state index is 12.3. The van der Waals surface area contributed by atoms with Crippen LogP contribution in [0.15, 0.2) is 34.7 Å². The van der Waals surface area contributed by atoms with E-state index in [2.05, 4.69) is 28.9 Å². The third kappa shape index (κ3) is 7.06. The van der Waals surface area contributed by atoms with Crippen LogP contribution in [-0.2, 0) is 21.3 Å². The van der Waals surface area contributed by atoms with Crippen molar-refractivity contribution in [2.24, 2.45) is 0 Å². The predicted molar refractivity (Wildman–Crippen MR) is 132 cm³/mol. The first-order valence-electron chi connectivity index (χ1n) is 11.9. The summed E-state index contributed by atoms with van der Waals surface area (Å²) in [6.07, 6.45) is 1.44. The lowest BCUT2D eigenvalue weighted by Crippen LogP contribution is -2.60. The summed E-state index contributed by atoms with van der Waals surface area (Å²) in [5.74, 6) is 2.57. The number of morpholine rings is 2. The van der Waals surface area contributed by atoms with E-state index in [1.807, 2.05) is 6.92 Å². The Labute approximate surface area is 207 Å². The molecule has 0 amide bonds. The number of furan rings is 1. The van der Waals surface area contributed by atoms with Crippen molar-refractivity contribution in [2.45, 2.75) is 32.6 Å². The number of benzene rings is 1. The number of hydrogen-bond acceptors (Lipinski definition) is 8. The van der Waals surface area contributed by atoms with Crippen molar-refractivity contribution in [2.75, 3.05) is 58.7 Å². The lowest BCUT2D eigenvalue weighted by molar-refractivity contribution is -0.141. The van der Waals surface area contributed by atoms with Crippen molar-refractivity contribution < 1.29 is 22.3 Å². The first-order chi connectivity index (χ1) is 16.7. The van der Waals surface area contributed by atoms with Crippen LogP contribution in [0.25, 0.3) is 0 Å². The van der Waals surface area contributed by atoms with E-state index in [1.165, 1.54) is 16.1 Å². The van der Waals surface area contributed by atoms with Crippen molar-refractivity contribution in [3.8, 4) is 11.8 Å². The zero-order valence-corrected chi connectivity index (χ0v) is 21.5. The van der Waals surface area contributed by atoms with Crippen LogP contribution in [0.4, 0.5) is 0 Å². The Balaban J connectivity index is 1.24. The number of fused-ring (bicyclic) bond motifs is 2. The minimum absolute atomic E-state index is 0.103. The van der Waals surface area contributed by atoms with Crippen molar-refractivity contribution in [1.29, 1.82) is 5.26 Å². The van der Waals surface area contributed by atoms with Gasteiger partial charge in [-0.2, -0.15) is 9.57 Å². The highest BCUT2D eigenvalue weighted by Crippen LogP contribution is 2.22. The third-order valence-electron chi connectivity index (χ3n) is 6.56. The highest BCUT2D eigenvalue weighted by Gasteiger charge is 2.35. The van der Waals surface area contributed by atoms with Crippen molar-refractivity contribution >= 4 is 10.0 Å². The molecule has 0 aliphatic carbocycles. The number of sulfonamides is 1. The predicted octanol–water partition coefficient (Wildman–Crippen LogP) is 1.99. The summed E-state index contributed by atoms with van der Waals surface area (Å²) in [5, 5.41) is 8.89. The first-order valence-corrected chi connectivity index (χ1v) is 13.8. The Kier molecular flexibility index (Phi) is 8.14. The van der Waals surface area contributed by atoms with E-state index in [-0.39, 0.29) is 25.4 Å². The molecule has 2 aliphatic heterocycles. The molecular formula is C25H34N4O5S. The largest absolute Gasteiger partial charge is 0.492 e. The highest BCUT2D eigenvalue weighted by atomic mass is 32.2. The van der Waals surface area contributed by atoms with E-state index >= 15 is 0 Å². The fourth-order valence-electron chi connectivity index (χ4n) is 4.71. The van der Waals surface area contributed by atoms with Crippen LogP contribution in [0.2, 0.25) is 0 Å². The van der Waals surface area contributed by atoms with Crippen molar-refractivity contribution in [3.63, 3.8) is 0 Å². The normalized spacial score (nSPS) is 21.2. The van der Waals surface area contributed by atoms with Gasteiger partial charge in [-0.3, -0.25) is 9.80 Å². The van der Waals surface area contributed by atoms with Gasteiger partial charge in [0.05, 0.1) is 36.6 Å². The lowest BCUT2D eigenvalue weighted by Gasteiger charge is -2.45. The second-order valence-electron chi connectivity index (χ2n) is 9.43. The highest BCUT2D eigenvalue weighted by molar-refractivity contribution is 7.88. The molecule has 2 atom stereocenters. The number of rotatable bonds is 10. The molecule has 3 heterocycles. The molecule has 35 heavy (non-hydrogen) atoms. The second kappa shape index (κ2) is 11.1. The van der Waals surface area contributed by atoms with E-state index in [0.717, 1.165) is 44.2 Å². The maximum Gasteiger partial charge on any atom is 0.211 e. The molecule has 10 heteroatoms. The van der Waals surface area contributed by atoms with Gasteiger partial charge in [0.15, 0.2) is 0 Å². The van der Waals surface area contributed by atoms with Crippen LogP contribution in [0, 0.1) is 25.2 Å². The summed E-state index contributed by atoms with van der Waals surface area (Å²) < 4.78 is 43.9. The van der Waals surface area contributed by atoms with Gasteiger partial charge < -0.3 is 13.9 Å². The van der Waals surface area contributed by atoms with Gasteiger partial charge in [-0.1, -0.05) is 0 Å². The Morgan fingerprint density at radius 3 is 2.31 bits per heavy atom. The Morgan fingerprint density at radius 1 is 1.09 bits per heavy atom. The van der Waals surface area contributed by atoms with Crippen LogP contribution in [0.1, 0.15) is 22.6 Å². The lowest BCUT2D eigenvalue weighted by atomic mass is 10.1. The average molecular weight is 503 g/mol. The Hall–Kier alpha value is -2.42. The topological polar surface area (TPSA) is 99.2 Å². The van der Waals surface area contributed by atoms with Gasteiger partial charge in [-0.25, -0.2) is 8.42 Å². The second-order valence-corrected chi connectivity index (χ2v) is 11.4. The van der Waals surface area contributed by atoms with Gasteiger partial charge in [0.25, 0.3) is 0 Å². The summed E-state index contributed by atoms with van der Waals surface area (Å²) in [5.41, 5.74) is 1.73. The molecule has 2 aromatic rings. The van der Waals surface area contributed by atoms with Crippen LogP contribution >= 0.6 is 0 Å². The molecule has 2 unspecified atom stereocenters. The van der Waals surface area contributed by atoms with Crippen molar-refractivity contribution in [3.05, 3.63) is 53.0 Å². The molecule has 0 saturated carbocycles. The van der Waals surface area contributed by atoms with Gasteiger partial charge in [0, 0.05) is 45.8 Å². The smallest absolute Gasteiger partial charge is 0.211 e. The Bertz CT molecular complexity index is 1110. The minimum atomic E-state index is -3.36. The molecule has 2 bridgehead atoms. The summed E-state index contributed by atoms with van der Waals surface area (Å²) in [6.45, 7) is 9.63. The molecule has 4 rings (SSSR count). The SMILES string of the molecule is Cc1cc(CN2CC3CN(CCN(CCOc4ccc(C#N)cc4)S(C)(=O)=O)CC(C2)O3)oc1C. The van der Waals surface area contributed by atoms with Gasteiger partial charge >= 0.3 is 0 Å². The molecule has 9 nitrogen and oxygen atoms in total. The first kappa shape index (κ1) is 25.7. The summed E-state index contributed by atoms with van der Waals surface area (Å²) in [7, 11) is -3.36. The van der Waals surface area contributed by atoms with Gasteiger partial charge in [0.2, 0.25) is 10.0 Å². The number of nitriles is 1. The molecule has 1 aromatic carbocycles. The van der Waals surface area contributed by atoms with Crippen molar-refractivity contribution in [1.82, 2.24) is 14.1 Å².